The lowest BCUT2D eigenvalue weighted by molar-refractivity contribution is -0.123. The minimum Gasteiger partial charge on any atom is -0.506 e. The smallest absolute Gasteiger partial charge is 0.274 e. The van der Waals surface area contributed by atoms with E-state index in [1.807, 2.05) is 26.2 Å². The summed E-state index contributed by atoms with van der Waals surface area (Å²) >= 11 is 12.8. The SMILES string of the molecule is Cc1c[nH]c2c(O)cc3c(c12)[C@H](CCl)CN3C(=O)c1cc2cc(NC(=O)CC(=O)Nc3ccc4[nH]c(C(=O)N5C[C@H](CCl)c6c5cc(O)c5[nH]cc(C)c65)cc4c3)ccc2[nH]1. The first-order chi connectivity index (χ1) is 29.4. The van der Waals surface area contributed by atoms with Crippen molar-refractivity contribution in [2.24, 2.45) is 0 Å². The number of hydrogen-bond acceptors (Lipinski definition) is 6. The molecular weight excluding hydrogens is 819 g/mol. The van der Waals surface area contributed by atoms with Crippen LogP contribution >= 0.6 is 23.2 Å². The van der Waals surface area contributed by atoms with Gasteiger partial charge in [0.15, 0.2) is 0 Å². The van der Waals surface area contributed by atoms with Crippen LogP contribution in [0.1, 0.15) is 61.5 Å². The maximum Gasteiger partial charge on any atom is 0.274 e. The van der Waals surface area contributed by atoms with E-state index in [4.69, 9.17) is 23.2 Å². The molecule has 0 radical (unpaired) electrons. The van der Waals surface area contributed by atoms with Crippen LogP contribution in [0.25, 0.3) is 43.6 Å². The minimum atomic E-state index is -0.537. The zero-order valence-corrected chi connectivity index (χ0v) is 34.3. The highest BCUT2D eigenvalue weighted by atomic mass is 35.5. The van der Waals surface area contributed by atoms with Crippen molar-refractivity contribution in [2.45, 2.75) is 32.1 Å². The number of aromatic nitrogens is 4. The van der Waals surface area contributed by atoms with Crippen molar-refractivity contribution in [3.05, 3.63) is 107 Å². The first-order valence-corrected chi connectivity index (χ1v) is 20.8. The number of halogens is 2. The minimum absolute atomic E-state index is 0.0492. The number of phenolic OH excluding ortho intramolecular Hbond substituents is 2. The molecule has 0 bridgehead atoms. The topological polar surface area (TPSA) is 202 Å². The number of fused-ring (bicyclic) bond motifs is 8. The Kier molecular flexibility index (Phi) is 9.03. The zero-order valence-electron chi connectivity index (χ0n) is 32.8. The highest BCUT2D eigenvalue weighted by Gasteiger charge is 2.38. The highest BCUT2D eigenvalue weighted by molar-refractivity contribution is 6.20. The molecule has 0 unspecified atom stereocenters. The van der Waals surface area contributed by atoms with Gasteiger partial charge in [0.1, 0.15) is 29.3 Å². The number of amides is 4. The molecule has 0 aliphatic carbocycles. The molecule has 2 atom stereocenters. The van der Waals surface area contributed by atoms with E-state index < -0.39 is 18.2 Å². The number of benzene rings is 4. The number of rotatable bonds is 8. The van der Waals surface area contributed by atoms with Crippen molar-refractivity contribution in [2.75, 3.05) is 45.3 Å². The lowest BCUT2D eigenvalue weighted by Gasteiger charge is -2.17. The van der Waals surface area contributed by atoms with Gasteiger partial charge in [0.25, 0.3) is 11.8 Å². The van der Waals surface area contributed by atoms with Gasteiger partial charge in [-0.05, 0) is 84.6 Å². The number of phenols is 2. The first-order valence-electron chi connectivity index (χ1n) is 19.7. The van der Waals surface area contributed by atoms with Gasteiger partial charge >= 0.3 is 0 Å². The van der Waals surface area contributed by atoms with Crippen molar-refractivity contribution < 1.29 is 29.4 Å². The Labute approximate surface area is 356 Å². The molecule has 4 aromatic carbocycles. The first kappa shape index (κ1) is 38.3. The van der Waals surface area contributed by atoms with Crippen LogP contribution in [0.2, 0.25) is 0 Å². The number of carbonyl (C=O) groups excluding carboxylic acids is 4. The van der Waals surface area contributed by atoms with Crippen LogP contribution in [0.15, 0.2) is 73.1 Å². The Bertz CT molecular complexity index is 2970. The van der Waals surface area contributed by atoms with Gasteiger partial charge in [-0.2, -0.15) is 0 Å². The van der Waals surface area contributed by atoms with Gasteiger partial charge in [-0.15, -0.1) is 23.2 Å². The fourth-order valence-corrected chi connectivity index (χ4v) is 9.69. The standard InChI is InChI=1S/C45H38Cl2N8O6/c1-20-16-48-42-34(56)11-32-40(38(20)42)24(14-46)18-54(32)44(60)30-9-22-7-26(3-5-28(22)52-30)50-36(58)13-37(59)51-27-4-6-29-23(8-27)10-31(53-29)45(61)55-19-25(15-47)41-33(55)12-35(57)43-39(41)21(2)17-49-43/h3-12,16-17,24-25,48-49,52-53,56-57H,13-15,18-19H2,1-2H3,(H,50,58)(H,51,59)/t24-,25+. The van der Waals surface area contributed by atoms with Crippen LogP contribution in [0.5, 0.6) is 11.5 Å². The second-order valence-electron chi connectivity index (χ2n) is 15.9. The van der Waals surface area contributed by atoms with Crippen LogP contribution < -0.4 is 20.4 Å². The Morgan fingerprint density at radius 1 is 0.656 bits per heavy atom. The monoisotopic (exact) mass is 856 g/mol. The molecule has 0 spiro atoms. The molecule has 308 valence electrons. The Morgan fingerprint density at radius 3 is 1.49 bits per heavy atom. The molecular formula is C45H38Cl2N8O6. The molecule has 14 nitrogen and oxygen atoms in total. The van der Waals surface area contributed by atoms with E-state index in [9.17, 15) is 29.4 Å². The summed E-state index contributed by atoms with van der Waals surface area (Å²) in [7, 11) is 0. The third kappa shape index (κ3) is 6.24. The Balaban J connectivity index is 0.803. The van der Waals surface area contributed by atoms with Crippen molar-refractivity contribution in [3.8, 4) is 11.5 Å². The van der Waals surface area contributed by atoms with Gasteiger partial charge in [0.2, 0.25) is 11.8 Å². The third-order valence-electron chi connectivity index (χ3n) is 12.0. The van der Waals surface area contributed by atoms with E-state index in [0.717, 1.165) is 33.0 Å². The number of nitrogens with zero attached hydrogens (tertiary/aromatic N) is 2. The van der Waals surface area contributed by atoms with Crippen LogP contribution in [0.3, 0.4) is 0 Å². The van der Waals surface area contributed by atoms with E-state index >= 15 is 0 Å². The number of hydrogen-bond donors (Lipinski definition) is 8. The van der Waals surface area contributed by atoms with Crippen molar-refractivity contribution >= 4 is 113 Å². The summed E-state index contributed by atoms with van der Waals surface area (Å²) < 4.78 is 0. The van der Waals surface area contributed by atoms with Crippen LogP contribution in [-0.2, 0) is 9.59 Å². The number of aryl methyl sites for hydroxylation is 2. The van der Waals surface area contributed by atoms with Gasteiger partial charge in [-0.3, -0.25) is 19.2 Å². The normalized spacial score (nSPS) is 15.9. The molecule has 0 saturated heterocycles. The summed E-state index contributed by atoms with van der Waals surface area (Å²) in [5, 5.41) is 30.2. The Morgan fingerprint density at radius 2 is 1.08 bits per heavy atom. The summed E-state index contributed by atoms with van der Waals surface area (Å²) in [6, 6.07) is 16.9. The van der Waals surface area contributed by atoms with Crippen LogP contribution in [0, 0.1) is 13.8 Å². The molecule has 8 aromatic rings. The van der Waals surface area contributed by atoms with Gasteiger partial charge < -0.3 is 50.6 Å². The number of H-pyrrole nitrogens is 4. The summed E-state index contributed by atoms with van der Waals surface area (Å²) in [5.74, 6) is -1.18. The molecule has 2 aliphatic heterocycles. The zero-order chi connectivity index (χ0) is 42.4. The molecule has 16 heteroatoms. The molecule has 61 heavy (non-hydrogen) atoms. The van der Waals surface area contributed by atoms with Gasteiger partial charge in [-0.25, -0.2) is 0 Å². The summed E-state index contributed by atoms with van der Waals surface area (Å²) in [5.41, 5.74) is 9.11. The highest BCUT2D eigenvalue weighted by Crippen LogP contribution is 2.48. The van der Waals surface area contributed by atoms with E-state index in [-0.39, 0.29) is 35.1 Å². The lowest BCUT2D eigenvalue weighted by atomic mass is 9.97. The van der Waals surface area contributed by atoms with Gasteiger partial charge in [0, 0.05) is 105 Å². The van der Waals surface area contributed by atoms with Crippen LogP contribution in [0.4, 0.5) is 22.7 Å². The maximum absolute atomic E-state index is 13.9. The van der Waals surface area contributed by atoms with E-state index in [2.05, 4.69) is 30.6 Å². The Hall–Kier alpha value is -6.90. The third-order valence-corrected chi connectivity index (χ3v) is 12.7. The quantitative estimate of drug-likeness (QED) is 0.0555. The number of alkyl halides is 2. The number of nitrogens with one attached hydrogen (secondary N) is 6. The van der Waals surface area contributed by atoms with Crippen molar-refractivity contribution in [1.29, 1.82) is 0 Å². The van der Waals surface area contributed by atoms with E-state index in [0.29, 0.717) is 91.8 Å². The number of aromatic amines is 4. The van der Waals surface area contributed by atoms with Gasteiger partial charge in [-0.1, -0.05) is 0 Å². The largest absolute Gasteiger partial charge is 0.506 e. The summed E-state index contributed by atoms with van der Waals surface area (Å²) in [6.45, 7) is 4.60. The molecule has 2 aliphatic rings. The number of carbonyl (C=O) groups is 4. The predicted molar refractivity (Wildman–Crippen MR) is 238 cm³/mol. The van der Waals surface area contributed by atoms with Crippen molar-refractivity contribution in [3.63, 3.8) is 0 Å². The molecule has 0 fully saturated rings. The second-order valence-corrected chi connectivity index (χ2v) is 16.5. The molecule has 4 amide bonds. The van der Waals surface area contributed by atoms with Crippen LogP contribution in [-0.4, -0.2) is 78.6 Å². The van der Waals surface area contributed by atoms with Crippen molar-refractivity contribution in [1.82, 2.24) is 19.9 Å². The van der Waals surface area contributed by atoms with E-state index in [1.54, 1.807) is 70.5 Å². The second kappa shape index (κ2) is 14.4. The number of aromatic hydroxyl groups is 2. The molecule has 0 saturated carbocycles. The lowest BCUT2D eigenvalue weighted by Crippen LogP contribution is -2.30. The maximum atomic E-state index is 13.9. The average Bonchev–Trinajstić information content (AvgIpc) is 4.10. The van der Waals surface area contributed by atoms with E-state index in [1.165, 1.54) is 0 Å². The molecule has 6 heterocycles. The van der Waals surface area contributed by atoms with Gasteiger partial charge in [0.05, 0.1) is 22.4 Å². The summed E-state index contributed by atoms with van der Waals surface area (Å²) in [6.07, 6.45) is 3.19. The average molecular weight is 858 g/mol. The fraction of sp³-hybridized carbons (Fsp3) is 0.200. The fourth-order valence-electron chi connectivity index (χ4n) is 9.18. The molecule has 8 N–H and O–H groups in total. The molecule has 10 rings (SSSR count). The summed E-state index contributed by atoms with van der Waals surface area (Å²) in [4.78, 5) is 69.8. The predicted octanol–water partition coefficient (Wildman–Crippen LogP) is 8.57. The number of anilines is 4. The molecule has 4 aromatic heterocycles.